The number of hydrogen-bond acceptors (Lipinski definition) is 5. The van der Waals surface area contributed by atoms with Crippen molar-refractivity contribution in [2.45, 2.75) is 13.8 Å². The van der Waals surface area contributed by atoms with Crippen LogP contribution < -0.4 is 10.6 Å². The molecule has 0 saturated carbocycles. The average molecular weight is 330 g/mol. The molecule has 1 aromatic carbocycles. The lowest BCUT2D eigenvalue weighted by molar-refractivity contribution is -0.112. The molecule has 128 valence electrons. The second-order valence-corrected chi connectivity index (χ2v) is 4.99. The largest absolute Gasteiger partial charge is 0.478 e. The first-order chi connectivity index (χ1) is 11.5. The number of aromatic carboxylic acids is 1. The Labute approximate surface area is 141 Å². The van der Waals surface area contributed by atoms with E-state index in [1.807, 2.05) is 6.07 Å². The monoisotopic (exact) mass is 330 g/mol. The molecule has 0 saturated heterocycles. The van der Waals surface area contributed by atoms with E-state index in [1.165, 1.54) is 30.5 Å². The highest BCUT2D eigenvalue weighted by Crippen LogP contribution is 2.10. The number of amides is 1. The molecule has 0 radical (unpaired) electrons. The van der Waals surface area contributed by atoms with E-state index in [0.29, 0.717) is 12.2 Å². The summed E-state index contributed by atoms with van der Waals surface area (Å²) in [5.74, 6) is -1.58. The van der Waals surface area contributed by atoms with Gasteiger partial charge in [-0.2, -0.15) is 5.26 Å². The summed E-state index contributed by atoms with van der Waals surface area (Å²) in [5, 5.41) is 23.4. The number of carboxylic acids is 1. The van der Waals surface area contributed by atoms with Gasteiger partial charge in [-0.1, -0.05) is 13.8 Å². The van der Waals surface area contributed by atoms with E-state index >= 15 is 0 Å². The highest BCUT2D eigenvalue weighted by atomic mass is 16.4. The number of carbonyl (C=O) groups excluding carboxylic acids is 1. The van der Waals surface area contributed by atoms with Gasteiger partial charge in [-0.25, -0.2) is 4.79 Å². The maximum Gasteiger partial charge on any atom is 0.335 e. The molecular weight excluding hydrogens is 308 g/mol. The predicted octanol–water partition coefficient (Wildman–Crippen LogP) is 1.66. The minimum atomic E-state index is -1.04. The molecule has 1 aromatic rings. The van der Waals surface area contributed by atoms with Gasteiger partial charge in [0.1, 0.15) is 11.6 Å². The minimum absolute atomic E-state index is 0.0446. The van der Waals surface area contributed by atoms with Crippen LogP contribution in [0.15, 0.2) is 36.0 Å². The van der Waals surface area contributed by atoms with Gasteiger partial charge in [0.05, 0.1) is 5.56 Å². The third-order valence-electron chi connectivity index (χ3n) is 3.47. The Morgan fingerprint density at radius 3 is 2.38 bits per heavy atom. The Kier molecular flexibility index (Phi) is 8.02. The Bertz CT molecular complexity index is 628. The van der Waals surface area contributed by atoms with Crippen LogP contribution in [0.25, 0.3) is 0 Å². The molecule has 7 nitrogen and oxygen atoms in total. The van der Waals surface area contributed by atoms with Gasteiger partial charge < -0.3 is 20.6 Å². The lowest BCUT2D eigenvalue weighted by atomic mass is 10.2. The summed E-state index contributed by atoms with van der Waals surface area (Å²) >= 11 is 0. The first kappa shape index (κ1) is 19.2. The van der Waals surface area contributed by atoms with Crippen LogP contribution in [-0.2, 0) is 4.79 Å². The molecule has 0 atom stereocenters. The van der Waals surface area contributed by atoms with Gasteiger partial charge in [-0.05, 0) is 37.4 Å². The number of benzene rings is 1. The van der Waals surface area contributed by atoms with Gasteiger partial charge in [-0.15, -0.1) is 0 Å². The first-order valence-corrected chi connectivity index (χ1v) is 7.72. The van der Waals surface area contributed by atoms with Gasteiger partial charge >= 0.3 is 5.97 Å². The quantitative estimate of drug-likeness (QED) is 0.361. The number of hydrogen-bond donors (Lipinski definition) is 3. The smallest absolute Gasteiger partial charge is 0.335 e. The standard InChI is InChI=1S/C17H22N4O3/c1-3-21(4-2)10-9-19-12-14(11-18)16(22)20-15-7-5-13(6-8-15)17(23)24/h5-8,12,19H,3-4,9-10H2,1-2H3,(H,20,22)(H,23,24)/b14-12-. The third-order valence-corrected chi connectivity index (χ3v) is 3.47. The maximum absolute atomic E-state index is 12.0. The van der Waals surface area contributed by atoms with Crippen molar-refractivity contribution in [2.75, 3.05) is 31.5 Å². The number of carbonyl (C=O) groups is 2. The van der Waals surface area contributed by atoms with E-state index < -0.39 is 11.9 Å². The van der Waals surface area contributed by atoms with Crippen molar-refractivity contribution in [3.8, 4) is 6.07 Å². The van der Waals surface area contributed by atoms with Crippen molar-refractivity contribution in [2.24, 2.45) is 0 Å². The number of rotatable bonds is 9. The Morgan fingerprint density at radius 2 is 1.88 bits per heavy atom. The van der Waals surface area contributed by atoms with Gasteiger partial charge in [0.25, 0.3) is 5.91 Å². The summed E-state index contributed by atoms with van der Waals surface area (Å²) in [6.07, 6.45) is 1.39. The van der Waals surface area contributed by atoms with Crippen molar-refractivity contribution in [1.82, 2.24) is 10.2 Å². The van der Waals surface area contributed by atoms with E-state index in [9.17, 15) is 9.59 Å². The molecule has 3 N–H and O–H groups in total. The molecule has 0 aliphatic carbocycles. The molecule has 7 heteroatoms. The zero-order valence-electron chi connectivity index (χ0n) is 13.9. The van der Waals surface area contributed by atoms with Crippen LogP contribution in [0.2, 0.25) is 0 Å². The van der Waals surface area contributed by atoms with E-state index in [0.717, 1.165) is 19.6 Å². The summed E-state index contributed by atoms with van der Waals surface area (Å²) < 4.78 is 0. The molecule has 0 aromatic heterocycles. The number of nitrogens with one attached hydrogen (secondary N) is 2. The SMILES string of the molecule is CCN(CC)CCN/C=C(/C#N)C(=O)Nc1ccc(C(=O)O)cc1. The van der Waals surface area contributed by atoms with Crippen LogP contribution in [0.5, 0.6) is 0 Å². The minimum Gasteiger partial charge on any atom is -0.478 e. The van der Waals surface area contributed by atoms with E-state index in [4.69, 9.17) is 10.4 Å². The third kappa shape index (κ3) is 6.10. The summed E-state index contributed by atoms with van der Waals surface area (Å²) in [7, 11) is 0. The van der Waals surface area contributed by atoms with Crippen LogP contribution >= 0.6 is 0 Å². The molecule has 24 heavy (non-hydrogen) atoms. The molecule has 0 bridgehead atoms. The summed E-state index contributed by atoms with van der Waals surface area (Å²) in [5.41, 5.74) is 0.508. The van der Waals surface area contributed by atoms with Gasteiger partial charge in [0.2, 0.25) is 0 Å². The molecule has 0 aliphatic rings. The highest BCUT2D eigenvalue weighted by molar-refractivity contribution is 6.06. The van der Waals surface area contributed by atoms with Crippen LogP contribution in [0.1, 0.15) is 24.2 Å². The molecule has 1 amide bonds. The molecule has 0 unspecified atom stereocenters. The van der Waals surface area contributed by atoms with Crippen LogP contribution in [0.3, 0.4) is 0 Å². The summed E-state index contributed by atoms with van der Waals surface area (Å²) in [4.78, 5) is 25.0. The number of nitrogens with zero attached hydrogens (tertiary/aromatic N) is 2. The van der Waals surface area contributed by atoms with E-state index in [1.54, 1.807) is 0 Å². The van der Waals surface area contributed by atoms with Crippen molar-refractivity contribution in [3.05, 3.63) is 41.6 Å². The van der Waals surface area contributed by atoms with Crippen LogP contribution in [0.4, 0.5) is 5.69 Å². The second kappa shape index (κ2) is 10.0. The summed E-state index contributed by atoms with van der Waals surface area (Å²) in [6.45, 7) is 7.49. The fourth-order valence-electron chi connectivity index (χ4n) is 1.98. The predicted molar refractivity (Wildman–Crippen MR) is 91.5 cm³/mol. The zero-order chi connectivity index (χ0) is 17.9. The fourth-order valence-corrected chi connectivity index (χ4v) is 1.98. The van der Waals surface area contributed by atoms with Crippen molar-refractivity contribution in [3.63, 3.8) is 0 Å². The second-order valence-electron chi connectivity index (χ2n) is 4.99. The Hall–Kier alpha value is -2.85. The average Bonchev–Trinajstić information content (AvgIpc) is 2.58. The van der Waals surface area contributed by atoms with Crippen LogP contribution in [-0.4, -0.2) is 48.1 Å². The molecule has 0 fully saturated rings. The van der Waals surface area contributed by atoms with Crippen molar-refractivity contribution in [1.29, 1.82) is 5.26 Å². The van der Waals surface area contributed by atoms with E-state index in [-0.39, 0.29) is 11.1 Å². The Morgan fingerprint density at radius 1 is 1.25 bits per heavy atom. The number of carboxylic acid groups (broad SMARTS) is 1. The van der Waals surface area contributed by atoms with Crippen molar-refractivity contribution < 1.29 is 14.7 Å². The highest BCUT2D eigenvalue weighted by Gasteiger charge is 2.10. The molecule has 0 aliphatic heterocycles. The lowest BCUT2D eigenvalue weighted by Gasteiger charge is -2.17. The van der Waals surface area contributed by atoms with Crippen molar-refractivity contribution >= 4 is 17.6 Å². The zero-order valence-corrected chi connectivity index (χ0v) is 13.9. The normalized spacial score (nSPS) is 11.0. The topological polar surface area (TPSA) is 105 Å². The van der Waals surface area contributed by atoms with Gasteiger partial charge in [-0.3, -0.25) is 4.79 Å². The van der Waals surface area contributed by atoms with E-state index in [2.05, 4.69) is 29.4 Å². The molecule has 0 heterocycles. The maximum atomic E-state index is 12.0. The van der Waals surface area contributed by atoms with Crippen LogP contribution in [0, 0.1) is 11.3 Å². The number of likely N-dealkylation sites (N-methyl/N-ethyl adjacent to an activating group) is 1. The fraction of sp³-hybridized carbons (Fsp3) is 0.353. The number of anilines is 1. The summed E-state index contributed by atoms with van der Waals surface area (Å²) in [6, 6.07) is 7.57. The molecule has 1 rings (SSSR count). The Balaban J connectivity index is 2.58. The van der Waals surface area contributed by atoms with Gasteiger partial charge in [0, 0.05) is 25.0 Å². The molecular formula is C17H22N4O3. The lowest BCUT2D eigenvalue weighted by Crippen LogP contribution is -2.30. The van der Waals surface area contributed by atoms with Gasteiger partial charge in [0.15, 0.2) is 0 Å². The number of nitriles is 1. The molecule has 0 spiro atoms. The first-order valence-electron chi connectivity index (χ1n) is 7.72.